The molecule has 28 heavy (non-hydrogen) atoms. The molecule has 0 bridgehead atoms. The van der Waals surface area contributed by atoms with Gasteiger partial charge in [0, 0.05) is 16.6 Å². The number of halogens is 2. The smallest absolute Gasteiger partial charge is 0.234 e. The monoisotopic (exact) mass is 424 g/mol. The molecule has 0 heterocycles. The highest BCUT2D eigenvalue weighted by atomic mass is 35.5. The number of hydrogen-bond donors (Lipinski definition) is 1. The van der Waals surface area contributed by atoms with Gasteiger partial charge in [0.25, 0.3) is 0 Å². The number of nitrogens with zero attached hydrogens (tertiary/aromatic N) is 1. The number of amides is 1. The third-order valence-electron chi connectivity index (χ3n) is 4.45. The molecule has 0 aliphatic carbocycles. The molecule has 0 unspecified atom stereocenters. The van der Waals surface area contributed by atoms with Crippen LogP contribution in [0.25, 0.3) is 0 Å². The van der Waals surface area contributed by atoms with Crippen LogP contribution in [0.1, 0.15) is 24.1 Å². The van der Waals surface area contributed by atoms with Crippen LogP contribution in [0.15, 0.2) is 36.4 Å². The van der Waals surface area contributed by atoms with Crippen molar-refractivity contribution >= 4 is 29.1 Å². The summed E-state index contributed by atoms with van der Waals surface area (Å²) in [6.45, 7) is 2.93. The fourth-order valence-corrected chi connectivity index (χ4v) is 3.47. The van der Waals surface area contributed by atoms with Crippen molar-refractivity contribution in [3.05, 3.63) is 57.6 Å². The number of ether oxygens (including phenoxy) is 2. The molecule has 1 N–H and O–H groups in total. The highest BCUT2D eigenvalue weighted by molar-refractivity contribution is 6.35. The van der Waals surface area contributed by atoms with Crippen LogP contribution in [0.3, 0.4) is 0 Å². The second kappa shape index (κ2) is 10.6. The lowest BCUT2D eigenvalue weighted by atomic mass is 10.1. The highest BCUT2D eigenvalue weighted by Crippen LogP contribution is 2.28. The summed E-state index contributed by atoms with van der Waals surface area (Å²) in [7, 11) is 5.15. The van der Waals surface area contributed by atoms with Crippen LogP contribution >= 0.6 is 23.2 Å². The molecule has 0 fully saturated rings. The first-order valence-electron chi connectivity index (χ1n) is 8.97. The van der Waals surface area contributed by atoms with Crippen molar-refractivity contribution in [2.24, 2.45) is 0 Å². The van der Waals surface area contributed by atoms with E-state index < -0.39 is 0 Å². The second-order valence-corrected chi connectivity index (χ2v) is 7.48. The molecule has 5 nitrogen and oxygen atoms in total. The third kappa shape index (κ3) is 6.30. The maximum absolute atomic E-state index is 12.4. The molecule has 0 aromatic heterocycles. The van der Waals surface area contributed by atoms with Crippen LogP contribution in [-0.4, -0.2) is 45.2 Å². The minimum Gasteiger partial charge on any atom is -0.493 e. The molecule has 7 heteroatoms. The van der Waals surface area contributed by atoms with Crippen molar-refractivity contribution in [2.75, 3.05) is 34.4 Å². The number of benzene rings is 2. The van der Waals surface area contributed by atoms with Gasteiger partial charge >= 0.3 is 0 Å². The van der Waals surface area contributed by atoms with Crippen LogP contribution in [0.2, 0.25) is 10.0 Å². The van der Waals surface area contributed by atoms with E-state index in [1.54, 1.807) is 26.4 Å². The Morgan fingerprint density at radius 1 is 1.11 bits per heavy atom. The molecule has 152 valence electrons. The lowest BCUT2D eigenvalue weighted by molar-refractivity contribution is -0.122. The van der Waals surface area contributed by atoms with Gasteiger partial charge in [-0.25, -0.2) is 0 Å². The first kappa shape index (κ1) is 22.3. The Labute approximate surface area is 176 Å². The fraction of sp³-hybridized carbons (Fsp3) is 0.381. The maximum Gasteiger partial charge on any atom is 0.234 e. The number of hydrogen-bond acceptors (Lipinski definition) is 4. The maximum atomic E-state index is 12.4. The van der Waals surface area contributed by atoms with Crippen molar-refractivity contribution in [3.63, 3.8) is 0 Å². The van der Waals surface area contributed by atoms with Crippen molar-refractivity contribution in [1.82, 2.24) is 10.2 Å². The van der Waals surface area contributed by atoms with E-state index in [0.29, 0.717) is 28.1 Å². The zero-order valence-corrected chi connectivity index (χ0v) is 18.1. The first-order valence-corrected chi connectivity index (χ1v) is 9.73. The Morgan fingerprint density at radius 3 is 2.46 bits per heavy atom. The van der Waals surface area contributed by atoms with Crippen molar-refractivity contribution in [2.45, 2.75) is 19.4 Å². The van der Waals surface area contributed by atoms with E-state index >= 15 is 0 Å². The Morgan fingerprint density at radius 2 is 1.82 bits per heavy atom. The normalized spacial score (nSPS) is 12.0. The van der Waals surface area contributed by atoms with E-state index in [-0.39, 0.29) is 11.9 Å². The summed E-state index contributed by atoms with van der Waals surface area (Å²) in [6, 6.07) is 10.9. The molecule has 0 radical (unpaired) electrons. The van der Waals surface area contributed by atoms with Crippen LogP contribution in [0, 0.1) is 0 Å². The average molecular weight is 425 g/mol. The van der Waals surface area contributed by atoms with Gasteiger partial charge in [-0.15, -0.1) is 0 Å². The van der Waals surface area contributed by atoms with Crippen molar-refractivity contribution in [1.29, 1.82) is 0 Å². The lowest BCUT2D eigenvalue weighted by Crippen LogP contribution is -2.37. The zero-order chi connectivity index (χ0) is 20.7. The average Bonchev–Trinajstić information content (AvgIpc) is 2.65. The quantitative estimate of drug-likeness (QED) is 0.649. The summed E-state index contributed by atoms with van der Waals surface area (Å²) in [6.07, 6.45) is 0.794. The first-order chi connectivity index (χ1) is 13.3. The van der Waals surface area contributed by atoms with E-state index in [1.165, 1.54) is 0 Å². The van der Waals surface area contributed by atoms with Gasteiger partial charge in [0.05, 0.1) is 26.8 Å². The molecule has 2 aromatic rings. The molecule has 0 aliphatic heterocycles. The largest absolute Gasteiger partial charge is 0.493 e. The van der Waals surface area contributed by atoms with Gasteiger partial charge in [0.15, 0.2) is 11.5 Å². The van der Waals surface area contributed by atoms with E-state index in [2.05, 4.69) is 5.32 Å². The summed E-state index contributed by atoms with van der Waals surface area (Å²) >= 11 is 12.1. The summed E-state index contributed by atoms with van der Waals surface area (Å²) < 4.78 is 10.6. The zero-order valence-electron chi connectivity index (χ0n) is 16.6. The van der Waals surface area contributed by atoms with E-state index in [9.17, 15) is 4.79 Å². The van der Waals surface area contributed by atoms with Gasteiger partial charge in [-0.3, -0.25) is 9.69 Å². The van der Waals surface area contributed by atoms with Gasteiger partial charge in [0.2, 0.25) is 5.91 Å². The molecule has 2 aromatic carbocycles. The number of carbonyl (C=O) groups excluding carboxylic acids is 1. The van der Waals surface area contributed by atoms with E-state index in [0.717, 1.165) is 24.1 Å². The minimum absolute atomic E-state index is 0.0617. The van der Waals surface area contributed by atoms with Crippen LogP contribution in [0.4, 0.5) is 0 Å². The van der Waals surface area contributed by atoms with Crippen LogP contribution < -0.4 is 14.8 Å². The number of rotatable bonds is 9. The van der Waals surface area contributed by atoms with Gasteiger partial charge < -0.3 is 14.8 Å². The summed E-state index contributed by atoms with van der Waals surface area (Å²) in [4.78, 5) is 14.3. The number of methoxy groups -OCH3 is 2. The second-order valence-electron chi connectivity index (χ2n) is 6.63. The Balaban J connectivity index is 1.85. The predicted octanol–water partition coefficient (Wildman–Crippen LogP) is 4.36. The molecule has 1 amide bonds. The summed E-state index contributed by atoms with van der Waals surface area (Å²) in [5.41, 5.74) is 1.96. The Bertz CT molecular complexity index is 814. The lowest BCUT2D eigenvalue weighted by Gasteiger charge is -2.20. The SMILES string of the molecule is COc1ccc(CCN(C)CC(=O)N[C@@H](C)c2ccc(Cl)cc2Cl)cc1OC. The fourth-order valence-electron chi connectivity index (χ4n) is 2.90. The van der Waals surface area contributed by atoms with Gasteiger partial charge in [-0.1, -0.05) is 35.3 Å². The van der Waals surface area contributed by atoms with E-state index in [1.807, 2.05) is 43.1 Å². The molecular formula is C21H26Cl2N2O3. The molecule has 2 rings (SSSR count). The summed E-state index contributed by atoms with van der Waals surface area (Å²) in [5, 5.41) is 4.09. The number of carbonyl (C=O) groups is 1. The molecular weight excluding hydrogens is 399 g/mol. The third-order valence-corrected chi connectivity index (χ3v) is 5.01. The topological polar surface area (TPSA) is 50.8 Å². The molecule has 0 spiro atoms. The molecule has 0 aliphatic rings. The molecule has 0 saturated carbocycles. The molecule has 0 saturated heterocycles. The Kier molecular flexibility index (Phi) is 8.42. The molecule has 1 atom stereocenters. The highest BCUT2D eigenvalue weighted by Gasteiger charge is 2.14. The summed E-state index contributed by atoms with van der Waals surface area (Å²) in [5.74, 6) is 1.34. The minimum atomic E-state index is -0.198. The standard InChI is InChI=1S/C21H26Cl2N2O3/c1-14(17-7-6-16(22)12-18(17)23)24-21(26)13-25(2)10-9-15-5-8-19(27-3)20(11-15)28-4/h5-8,11-12,14H,9-10,13H2,1-4H3,(H,24,26)/t14-/m0/s1. The van der Waals surface area contributed by atoms with Gasteiger partial charge in [-0.05, 0) is 55.8 Å². The Hall–Kier alpha value is -1.95. The van der Waals surface area contributed by atoms with Crippen molar-refractivity contribution < 1.29 is 14.3 Å². The predicted molar refractivity (Wildman–Crippen MR) is 114 cm³/mol. The van der Waals surface area contributed by atoms with Crippen molar-refractivity contribution in [3.8, 4) is 11.5 Å². The van der Waals surface area contributed by atoms with E-state index in [4.69, 9.17) is 32.7 Å². The van der Waals surface area contributed by atoms with Crippen LogP contribution in [0.5, 0.6) is 11.5 Å². The number of likely N-dealkylation sites (N-methyl/N-ethyl adjacent to an activating group) is 1. The number of nitrogens with one attached hydrogen (secondary N) is 1. The van der Waals surface area contributed by atoms with Crippen LogP contribution in [-0.2, 0) is 11.2 Å². The van der Waals surface area contributed by atoms with Gasteiger partial charge in [-0.2, -0.15) is 0 Å². The van der Waals surface area contributed by atoms with Gasteiger partial charge in [0.1, 0.15) is 0 Å².